The molecule has 0 aliphatic rings. The maximum absolute atomic E-state index is 12.5. The van der Waals surface area contributed by atoms with Gasteiger partial charge >= 0.3 is 0 Å². The summed E-state index contributed by atoms with van der Waals surface area (Å²) in [4.78, 5) is 24.7. The molecule has 1 aromatic carbocycles. The van der Waals surface area contributed by atoms with Gasteiger partial charge in [0.2, 0.25) is 5.43 Å². The summed E-state index contributed by atoms with van der Waals surface area (Å²) in [5.41, 5.74) is 0.876. The maximum Gasteiger partial charge on any atom is 0.276 e. The number of rotatable bonds is 4. The first-order chi connectivity index (χ1) is 12.0. The van der Waals surface area contributed by atoms with E-state index in [2.05, 4.69) is 10.4 Å². The smallest absolute Gasteiger partial charge is 0.276 e. The van der Waals surface area contributed by atoms with Crippen molar-refractivity contribution in [2.75, 3.05) is 0 Å². The van der Waals surface area contributed by atoms with Crippen LogP contribution in [0.4, 0.5) is 0 Å². The van der Waals surface area contributed by atoms with Crippen molar-refractivity contribution in [1.82, 2.24) is 15.1 Å². The Labute approximate surface area is 145 Å². The fourth-order valence-electron chi connectivity index (χ4n) is 2.56. The number of hydrogen-bond acceptors (Lipinski definition) is 4. The van der Waals surface area contributed by atoms with Crippen molar-refractivity contribution in [2.24, 2.45) is 0 Å². The summed E-state index contributed by atoms with van der Waals surface area (Å²) in [6, 6.07) is 14.0. The van der Waals surface area contributed by atoms with Crippen LogP contribution in [0.3, 0.4) is 0 Å². The lowest BCUT2D eigenvalue weighted by molar-refractivity contribution is 0.0927. The molecule has 0 fully saturated rings. The molecule has 25 heavy (non-hydrogen) atoms. The van der Waals surface area contributed by atoms with Gasteiger partial charge in [-0.25, -0.2) is 4.68 Å². The summed E-state index contributed by atoms with van der Waals surface area (Å²) >= 11 is 0. The molecule has 0 bridgehead atoms. The highest BCUT2D eigenvalue weighted by Crippen LogP contribution is 2.16. The zero-order chi connectivity index (χ0) is 18.0. The fourth-order valence-corrected chi connectivity index (χ4v) is 2.56. The molecule has 0 saturated carbocycles. The first-order valence-electron chi connectivity index (χ1n) is 7.99. The van der Waals surface area contributed by atoms with Gasteiger partial charge in [-0.3, -0.25) is 9.59 Å². The number of benzene rings is 1. The highest BCUT2D eigenvalue weighted by molar-refractivity contribution is 5.92. The van der Waals surface area contributed by atoms with E-state index >= 15 is 0 Å². The van der Waals surface area contributed by atoms with E-state index in [1.54, 1.807) is 24.6 Å². The van der Waals surface area contributed by atoms with Gasteiger partial charge in [0.1, 0.15) is 11.5 Å². The Hall–Kier alpha value is -3.15. The molecule has 3 aromatic rings. The van der Waals surface area contributed by atoms with Crippen molar-refractivity contribution in [3.8, 4) is 5.69 Å². The van der Waals surface area contributed by atoms with Crippen LogP contribution >= 0.6 is 0 Å². The molecule has 0 radical (unpaired) electrons. The third kappa shape index (κ3) is 3.52. The van der Waals surface area contributed by atoms with Gasteiger partial charge < -0.3 is 9.73 Å². The topological polar surface area (TPSA) is 77.1 Å². The normalized spacial score (nSPS) is 12.0. The minimum atomic E-state index is -0.531. The molecule has 0 aliphatic carbocycles. The van der Waals surface area contributed by atoms with Gasteiger partial charge in [-0.1, -0.05) is 18.2 Å². The minimum Gasteiger partial charge on any atom is -0.464 e. The molecule has 3 rings (SSSR count). The van der Waals surface area contributed by atoms with E-state index in [0.29, 0.717) is 11.5 Å². The van der Waals surface area contributed by atoms with Crippen LogP contribution in [0.15, 0.2) is 57.7 Å². The van der Waals surface area contributed by atoms with E-state index in [0.717, 1.165) is 11.4 Å². The van der Waals surface area contributed by atoms with Crippen LogP contribution in [0.2, 0.25) is 0 Å². The second-order valence-electron chi connectivity index (χ2n) is 5.89. The first-order valence-corrected chi connectivity index (χ1v) is 7.99. The zero-order valence-electron chi connectivity index (χ0n) is 14.3. The van der Waals surface area contributed by atoms with E-state index in [9.17, 15) is 9.59 Å². The lowest BCUT2D eigenvalue weighted by atomic mass is 10.2. The Kier molecular flexibility index (Phi) is 4.52. The summed E-state index contributed by atoms with van der Waals surface area (Å²) in [7, 11) is 0. The third-order valence-corrected chi connectivity index (χ3v) is 3.86. The number of carbonyl (C=O) groups is 1. The van der Waals surface area contributed by atoms with Crippen LogP contribution in [0.25, 0.3) is 5.69 Å². The molecule has 128 valence electrons. The molecule has 2 aromatic heterocycles. The third-order valence-electron chi connectivity index (χ3n) is 3.86. The van der Waals surface area contributed by atoms with Crippen molar-refractivity contribution in [1.29, 1.82) is 0 Å². The quantitative estimate of drug-likeness (QED) is 0.794. The minimum absolute atomic E-state index is 0.149. The molecule has 1 N–H and O–H groups in total. The standard InChI is InChI=1S/C19H19N3O3/c1-12-11-16(23)18(21-22(12)15-7-5-4-6-8-15)19(24)20-14(3)17-10-9-13(2)25-17/h4-11,14H,1-3H3,(H,20,24). The Balaban J connectivity index is 1.91. The summed E-state index contributed by atoms with van der Waals surface area (Å²) in [6.45, 7) is 5.40. The average molecular weight is 337 g/mol. The highest BCUT2D eigenvalue weighted by Gasteiger charge is 2.19. The van der Waals surface area contributed by atoms with Crippen molar-refractivity contribution in [3.63, 3.8) is 0 Å². The molecule has 1 atom stereocenters. The van der Waals surface area contributed by atoms with Gasteiger partial charge in [-0.2, -0.15) is 5.10 Å². The Morgan fingerprint density at radius 3 is 2.52 bits per heavy atom. The molecule has 0 aliphatic heterocycles. The van der Waals surface area contributed by atoms with Crippen molar-refractivity contribution >= 4 is 5.91 Å². The molecule has 0 spiro atoms. The Bertz CT molecular complexity index is 958. The predicted octanol–water partition coefficient (Wildman–Crippen LogP) is 2.93. The largest absolute Gasteiger partial charge is 0.464 e. The highest BCUT2D eigenvalue weighted by atomic mass is 16.3. The SMILES string of the molecule is Cc1ccc(C(C)NC(=O)c2nn(-c3ccccc3)c(C)cc2=O)o1. The van der Waals surface area contributed by atoms with Gasteiger partial charge in [-0.15, -0.1) is 0 Å². The van der Waals surface area contributed by atoms with Crippen LogP contribution in [0.5, 0.6) is 0 Å². The van der Waals surface area contributed by atoms with Gasteiger partial charge in [0, 0.05) is 11.8 Å². The summed E-state index contributed by atoms with van der Waals surface area (Å²) in [5.74, 6) is 0.855. The molecule has 1 amide bonds. The molecule has 0 saturated heterocycles. The van der Waals surface area contributed by atoms with Crippen LogP contribution in [0.1, 0.15) is 40.7 Å². The Morgan fingerprint density at radius 2 is 1.88 bits per heavy atom. The summed E-state index contributed by atoms with van der Waals surface area (Å²) < 4.78 is 7.09. The van der Waals surface area contributed by atoms with Crippen LogP contribution in [-0.4, -0.2) is 15.7 Å². The lowest BCUT2D eigenvalue weighted by Crippen LogP contribution is -2.33. The van der Waals surface area contributed by atoms with E-state index in [1.807, 2.05) is 43.3 Å². The van der Waals surface area contributed by atoms with E-state index < -0.39 is 11.3 Å². The second kappa shape index (κ2) is 6.76. The van der Waals surface area contributed by atoms with Gasteiger partial charge in [0.15, 0.2) is 5.69 Å². The molecular formula is C19H19N3O3. The maximum atomic E-state index is 12.5. The lowest BCUT2D eigenvalue weighted by Gasteiger charge is -2.13. The van der Waals surface area contributed by atoms with E-state index in [4.69, 9.17) is 4.42 Å². The number of aryl methyl sites for hydroxylation is 2. The molecule has 6 nitrogen and oxygen atoms in total. The second-order valence-corrected chi connectivity index (χ2v) is 5.89. The number of carbonyl (C=O) groups excluding carboxylic acids is 1. The predicted molar refractivity (Wildman–Crippen MR) is 93.9 cm³/mol. The van der Waals surface area contributed by atoms with Gasteiger partial charge in [0.25, 0.3) is 5.91 Å². The average Bonchev–Trinajstić information content (AvgIpc) is 3.02. The summed E-state index contributed by atoms with van der Waals surface area (Å²) in [5, 5.41) is 7.01. The van der Waals surface area contributed by atoms with E-state index in [-0.39, 0.29) is 11.7 Å². The number of nitrogens with zero attached hydrogens (tertiary/aromatic N) is 2. The van der Waals surface area contributed by atoms with Crippen LogP contribution < -0.4 is 10.7 Å². The van der Waals surface area contributed by atoms with E-state index in [1.165, 1.54) is 6.07 Å². The summed E-state index contributed by atoms with van der Waals surface area (Å²) in [6.07, 6.45) is 0. The monoisotopic (exact) mass is 337 g/mol. The molecule has 6 heteroatoms. The van der Waals surface area contributed by atoms with Gasteiger partial charge in [-0.05, 0) is 45.0 Å². The number of nitrogens with one attached hydrogen (secondary N) is 1. The molecule has 2 heterocycles. The number of hydrogen-bond donors (Lipinski definition) is 1. The van der Waals surface area contributed by atoms with Crippen LogP contribution in [0, 0.1) is 13.8 Å². The number of para-hydroxylation sites is 1. The fraction of sp³-hybridized carbons (Fsp3) is 0.211. The number of furan rings is 1. The van der Waals surface area contributed by atoms with Gasteiger partial charge in [0.05, 0.1) is 11.7 Å². The molecule has 1 unspecified atom stereocenters. The Morgan fingerprint density at radius 1 is 1.16 bits per heavy atom. The van der Waals surface area contributed by atoms with Crippen molar-refractivity contribution < 1.29 is 9.21 Å². The number of amides is 1. The van der Waals surface area contributed by atoms with Crippen molar-refractivity contribution in [3.05, 3.63) is 81.7 Å². The van der Waals surface area contributed by atoms with Crippen molar-refractivity contribution in [2.45, 2.75) is 26.8 Å². The number of aromatic nitrogens is 2. The zero-order valence-corrected chi connectivity index (χ0v) is 14.3. The molecular weight excluding hydrogens is 318 g/mol. The first kappa shape index (κ1) is 16.7. The van der Waals surface area contributed by atoms with Crippen LogP contribution in [-0.2, 0) is 0 Å².